The van der Waals surface area contributed by atoms with Crippen LogP contribution in [0, 0.1) is 0 Å². The molecule has 0 heterocycles. The lowest BCUT2D eigenvalue weighted by molar-refractivity contribution is 0.505. The average Bonchev–Trinajstić information content (AvgIpc) is 2.39. The lowest BCUT2D eigenvalue weighted by Crippen LogP contribution is -2.30. The van der Waals surface area contributed by atoms with E-state index in [0.29, 0.717) is 5.75 Å². The summed E-state index contributed by atoms with van der Waals surface area (Å²) in [5, 5.41) is 0.818. The van der Waals surface area contributed by atoms with Gasteiger partial charge in [-0.05, 0) is 24.3 Å². The average molecular weight is 290 g/mol. The molecule has 0 saturated carbocycles. The third-order valence-electron chi connectivity index (χ3n) is 2.96. The van der Waals surface area contributed by atoms with E-state index in [9.17, 15) is 4.57 Å². The van der Waals surface area contributed by atoms with Crippen LogP contribution in [0.25, 0.3) is 0 Å². The SMILES string of the molecule is C[Si](C)(C)P(=O)(Oc1ccccc1)c1ccccc1. The van der Waals surface area contributed by atoms with Gasteiger partial charge in [-0.2, -0.15) is 0 Å². The summed E-state index contributed by atoms with van der Waals surface area (Å²) in [5.74, 6) is 0.678. The topological polar surface area (TPSA) is 26.3 Å². The second kappa shape index (κ2) is 5.36. The smallest absolute Gasteiger partial charge is 0.247 e. The highest BCUT2D eigenvalue weighted by molar-refractivity contribution is 8.01. The van der Waals surface area contributed by atoms with Crippen LogP contribution in [-0.4, -0.2) is 7.74 Å². The van der Waals surface area contributed by atoms with Gasteiger partial charge in [-0.1, -0.05) is 56.0 Å². The quantitative estimate of drug-likeness (QED) is 0.612. The maximum absolute atomic E-state index is 13.4. The van der Waals surface area contributed by atoms with Crippen molar-refractivity contribution < 1.29 is 9.09 Å². The summed E-state index contributed by atoms with van der Waals surface area (Å²) < 4.78 is 19.4. The molecule has 0 radical (unpaired) electrons. The summed E-state index contributed by atoms with van der Waals surface area (Å²) in [6, 6.07) is 19.0. The summed E-state index contributed by atoms with van der Waals surface area (Å²) >= 11 is 0. The van der Waals surface area contributed by atoms with Gasteiger partial charge in [0.25, 0.3) is 0 Å². The molecule has 2 aromatic rings. The number of benzene rings is 2. The zero-order valence-electron chi connectivity index (χ0n) is 11.5. The zero-order chi connectivity index (χ0) is 13.9. The fourth-order valence-electron chi connectivity index (χ4n) is 1.83. The maximum atomic E-state index is 13.4. The highest BCUT2D eigenvalue weighted by atomic mass is 31.4. The van der Waals surface area contributed by atoms with Crippen molar-refractivity contribution >= 4 is 20.0 Å². The van der Waals surface area contributed by atoms with E-state index in [1.165, 1.54) is 0 Å². The lowest BCUT2D eigenvalue weighted by atomic mass is 10.3. The third kappa shape index (κ3) is 2.99. The summed E-state index contributed by atoms with van der Waals surface area (Å²) in [5.41, 5.74) is 0. The van der Waals surface area contributed by atoms with Gasteiger partial charge >= 0.3 is 0 Å². The van der Waals surface area contributed by atoms with Gasteiger partial charge in [0, 0.05) is 5.30 Å². The second-order valence-corrected chi connectivity index (χ2v) is 17.4. The maximum Gasteiger partial charge on any atom is 0.247 e. The van der Waals surface area contributed by atoms with E-state index in [1.54, 1.807) is 0 Å². The van der Waals surface area contributed by atoms with E-state index in [0.717, 1.165) is 5.30 Å². The first-order valence-corrected chi connectivity index (χ1v) is 12.3. The van der Waals surface area contributed by atoms with Crippen LogP contribution in [0.5, 0.6) is 5.75 Å². The molecule has 0 aliphatic rings. The summed E-state index contributed by atoms with van der Waals surface area (Å²) in [6.07, 6.45) is 0. The number of hydrogen-bond acceptors (Lipinski definition) is 2. The molecule has 2 aromatic carbocycles. The molecule has 100 valence electrons. The molecule has 0 amide bonds. The van der Waals surface area contributed by atoms with E-state index in [1.807, 2.05) is 60.7 Å². The predicted molar refractivity (Wildman–Crippen MR) is 84.1 cm³/mol. The van der Waals surface area contributed by atoms with Crippen LogP contribution < -0.4 is 9.83 Å². The van der Waals surface area contributed by atoms with Gasteiger partial charge in [-0.25, -0.2) is 0 Å². The van der Waals surface area contributed by atoms with Crippen LogP contribution in [0.15, 0.2) is 60.7 Å². The van der Waals surface area contributed by atoms with Crippen LogP contribution in [0.3, 0.4) is 0 Å². The third-order valence-corrected chi connectivity index (χ3v) is 12.5. The van der Waals surface area contributed by atoms with Crippen molar-refractivity contribution in [1.29, 1.82) is 0 Å². The number of rotatable bonds is 4. The molecule has 0 aliphatic heterocycles. The van der Waals surface area contributed by atoms with Crippen molar-refractivity contribution in [2.45, 2.75) is 19.6 Å². The van der Waals surface area contributed by atoms with E-state index in [-0.39, 0.29) is 0 Å². The van der Waals surface area contributed by atoms with Crippen LogP contribution in [-0.2, 0) is 4.57 Å². The molecular formula is C15H19O2PSi. The molecule has 1 atom stereocenters. The molecule has 1 unspecified atom stereocenters. The summed E-state index contributed by atoms with van der Waals surface area (Å²) in [6.45, 7) is 3.42. The Morgan fingerprint density at radius 3 is 1.79 bits per heavy atom. The lowest BCUT2D eigenvalue weighted by Gasteiger charge is -2.30. The van der Waals surface area contributed by atoms with E-state index < -0.39 is 14.7 Å². The fraction of sp³-hybridized carbons (Fsp3) is 0.200. The molecule has 19 heavy (non-hydrogen) atoms. The molecule has 0 bridgehead atoms. The first-order chi connectivity index (χ1) is 8.93. The Kier molecular flexibility index (Phi) is 3.98. The van der Waals surface area contributed by atoms with Crippen molar-refractivity contribution in [3.8, 4) is 5.75 Å². The van der Waals surface area contributed by atoms with Crippen molar-refractivity contribution in [3.63, 3.8) is 0 Å². The molecule has 0 N–H and O–H groups in total. The van der Waals surface area contributed by atoms with Gasteiger partial charge in [-0.15, -0.1) is 0 Å². The van der Waals surface area contributed by atoms with Gasteiger partial charge < -0.3 is 4.52 Å². The normalized spacial score (nSPS) is 14.7. The molecule has 4 heteroatoms. The first-order valence-electron chi connectivity index (χ1n) is 6.34. The Morgan fingerprint density at radius 2 is 1.32 bits per heavy atom. The number of para-hydroxylation sites is 1. The monoisotopic (exact) mass is 290 g/mol. The molecule has 0 spiro atoms. The van der Waals surface area contributed by atoms with Crippen molar-refractivity contribution in [3.05, 3.63) is 60.7 Å². The number of hydrogen-bond donors (Lipinski definition) is 0. The van der Waals surface area contributed by atoms with Gasteiger partial charge in [0.2, 0.25) is 6.92 Å². The Bertz CT molecular complexity index is 576. The molecule has 0 aromatic heterocycles. The van der Waals surface area contributed by atoms with Gasteiger partial charge in [0.15, 0.2) is 7.74 Å². The molecule has 2 nitrogen and oxygen atoms in total. The Hall–Kier alpha value is -1.31. The highest BCUT2D eigenvalue weighted by Crippen LogP contribution is 2.54. The van der Waals surface area contributed by atoms with Crippen LogP contribution in [0.1, 0.15) is 0 Å². The van der Waals surface area contributed by atoms with Crippen LogP contribution >= 0.6 is 6.92 Å². The van der Waals surface area contributed by atoms with Crippen LogP contribution in [0.2, 0.25) is 19.6 Å². The fourth-order valence-corrected chi connectivity index (χ4v) is 7.88. The van der Waals surface area contributed by atoms with Gasteiger partial charge in [0.1, 0.15) is 5.75 Å². The largest absolute Gasteiger partial charge is 0.443 e. The minimum atomic E-state index is -2.84. The van der Waals surface area contributed by atoms with Crippen molar-refractivity contribution in [2.24, 2.45) is 0 Å². The van der Waals surface area contributed by atoms with Crippen LogP contribution in [0.4, 0.5) is 0 Å². The molecule has 0 aliphatic carbocycles. The first kappa shape index (κ1) is 14.1. The predicted octanol–water partition coefficient (Wildman–Crippen LogP) is 4.50. The standard InChI is InChI=1S/C15H19O2PSi/c1-19(2,3)18(16,15-12-8-5-9-13-15)17-14-10-6-4-7-11-14/h4-13H,1-3H3. The van der Waals surface area contributed by atoms with Gasteiger partial charge in [0.05, 0.1) is 0 Å². The summed E-state index contributed by atoms with van der Waals surface area (Å²) in [7, 11) is -2.00. The minimum Gasteiger partial charge on any atom is -0.443 e. The second-order valence-electron chi connectivity index (χ2n) is 5.46. The minimum absolute atomic E-state index is 0.678. The Morgan fingerprint density at radius 1 is 0.842 bits per heavy atom. The zero-order valence-corrected chi connectivity index (χ0v) is 13.4. The van der Waals surface area contributed by atoms with Gasteiger partial charge in [-0.3, -0.25) is 4.57 Å². The summed E-state index contributed by atoms with van der Waals surface area (Å²) in [4.78, 5) is 0. The Balaban J connectivity index is 2.46. The van der Waals surface area contributed by atoms with Crippen molar-refractivity contribution in [1.82, 2.24) is 0 Å². The van der Waals surface area contributed by atoms with E-state index in [2.05, 4.69) is 19.6 Å². The van der Waals surface area contributed by atoms with E-state index >= 15 is 0 Å². The van der Waals surface area contributed by atoms with E-state index in [4.69, 9.17) is 4.52 Å². The Labute approximate surface area is 115 Å². The molecule has 0 saturated heterocycles. The van der Waals surface area contributed by atoms with Crippen molar-refractivity contribution in [2.75, 3.05) is 0 Å². The highest BCUT2D eigenvalue weighted by Gasteiger charge is 2.42. The molecular weight excluding hydrogens is 271 g/mol. The molecule has 2 rings (SSSR count). The molecule has 0 fully saturated rings.